The Kier molecular flexibility index (Phi) is 5.39. The molecule has 0 bridgehead atoms. The molecule has 1 aliphatic heterocycles. The lowest BCUT2D eigenvalue weighted by atomic mass is 9.92. The smallest absolute Gasteiger partial charge is 0.326 e. The third kappa shape index (κ3) is 4.11. The molecule has 2 aromatic carbocycles. The van der Waals surface area contributed by atoms with Crippen molar-refractivity contribution in [3.05, 3.63) is 63.1 Å². The summed E-state index contributed by atoms with van der Waals surface area (Å²) in [7, 11) is 0. The Bertz CT molecular complexity index is 870. The van der Waals surface area contributed by atoms with E-state index in [0.29, 0.717) is 21.3 Å². The van der Waals surface area contributed by atoms with Gasteiger partial charge in [-0.2, -0.15) is 0 Å². The summed E-state index contributed by atoms with van der Waals surface area (Å²) >= 11 is 12.3. The molecule has 2 unspecified atom stereocenters. The van der Waals surface area contributed by atoms with Crippen LogP contribution in [0.15, 0.2) is 36.4 Å². The third-order valence-corrected chi connectivity index (χ3v) is 4.86. The molecule has 1 heterocycles. The molecule has 5 nitrogen and oxygen atoms in total. The van der Waals surface area contributed by atoms with Gasteiger partial charge in [-0.1, -0.05) is 53.0 Å². The van der Waals surface area contributed by atoms with Gasteiger partial charge >= 0.3 is 5.97 Å². The molecule has 0 aromatic heterocycles. The van der Waals surface area contributed by atoms with Crippen molar-refractivity contribution >= 4 is 40.8 Å². The average Bonchev–Trinajstić information content (AvgIpc) is 2.53. The number of carbonyl (C=O) groups is 2. The Hall–Kier alpha value is -2.24. The van der Waals surface area contributed by atoms with Crippen LogP contribution in [-0.2, 0) is 16.0 Å². The van der Waals surface area contributed by atoms with E-state index < -0.39 is 18.1 Å². The van der Waals surface area contributed by atoms with Crippen molar-refractivity contribution in [2.45, 2.75) is 31.8 Å². The van der Waals surface area contributed by atoms with E-state index in [1.54, 1.807) is 12.1 Å². The Morgan fingerprint density at radius 2 is 2.04 bits per heavy atom. The monoisotopic (exact) mass is 392 g/mol. The van der Waals surface area contributed by atoms with Crippen LogP contribution in [0.3, 0.4) is 0 Å². The second kappa shape index (κ2) is 7.56. The van der Waals surface area contributed by atoms with E-state index in [1.807, 2.05) is 31.2 Å². The van der Waals surface area contributed by atoms with Crippen LogP contribution in [0.4, 0.5) is 5.69 Å². The summed E-state index contributed by atoms with van der Waals surface area (Å²) in [5, 5.41) is 16.0. The van der Waals surface area contributed by atoms with Gasteiger partial charge in [-0.3, -0.25) is 4.79 Å². The molecule has 1 aliphatic rings. The minimum Gasteiger partial charge on any atom is -0.480 e. The fourth-order valence-electron chi connectivity index (χ4n) is 3.21. The maximum Gasteiger partial charge on any atom is 0.326 e. The van der Waals surface area contributed by atoms with Crippen molar-refractivity contribution in [2.75, 3.05) is 5.32 Å². The molecule has 0 aliphatic carbocycles. The zero-order valence-electron chi connectivity index (χ0n) is 14.1. The minimum absolute atomic E-state index is 0.191. The number of rotatable bonds is 4. The van der Waals surface area contributed by atoms with Crippen LogP contribution in [0.5, 0.6) is 0 Å². The highest BCUT2D eigenvalue weighted by molar-refractivity contribution is 6.35. The highest BCUT2D eigenvalue weighted by Gasteiger charge is 2.33. The Balaban J connectivity index is 1.84. The molecule has 136 valence electrons. The Morgan fingerprint density at radius 3 is 2.73 bits per heavy atom. The van der Waals surface area contributed by atoms with Crippen LogP contribution in [-0.4, -0.2) is 23.0 Å². The van der Waals surface area contributed by atoms with Crippen LogP contribution in [0.2, 0.25) is 10.0 Å². The Morgan fingerprint density at radius 1 is 1.27 bits per heavy atom. The molecule has 3 N–H and O–H groups in total. The number of aryl methyl sites for hydroxylation is 1. The number of hydrogen-bond acceptors (Lipinski definition) is 3. The number of anilines is 1. The zero-order valence-corrected chi connectivity index (χ0v) is 15.6. The third-order valence-electron chi connectivity index (χ3n) is 4.32. The van der Waals surface area contributed by atoms with Gasteiger partial charge in [-0.05, 0) is 24.6 Å². The van der Waals surface area contributed by atoms with Crippen molar-refractivity contribution in [1.82, 2.24) is 5.32 Å². The molecule has 1 amide bonds. The molecule has 3 rings (SSSR count). The average molecular weight is 393 g/mol. The number of benzene rings is 2. The molecular formula is C19H18Cl2N2O3. The van der Waals surface area contributed by atoms with Gasteiger partial charge in [0.2, 0.25) is 5.91 Å². The van der Waals surface area contributed by atoms with Gasteiger partial charge in [0, 0.05) is 27.7 Å². The number of nitrogens with one attached hydrogen (secondary N) is 2. The van der Waals surface area contributed by atoms with Crippen molar-refractivity contribution in [3.8, 4) is 0 Å². The lowest BCUT2D eigenvalue weighted by Gasteiger charge is -2.32. The minimum atomic E-state index is -0.996. The molecule has 0 spiro atoms. The molecule has 7 heteroatoms. The largest absolute Gasteiger partial charge is 0.480 e. The zero-order chi connectivity index (χ0) is 18.8. The summed E-state index contributed by atoms with van der Waals surface area (Å²) in [4.78, 5) is 24.0. The number of amides is 1. The summed E-state index contributed by atoms with van der Waals surface area (Å²) < 4.78 is 0. The fourth-order valence-corrected chi connectivity index (χ4v) is 3.83. The molecule has 2 aromatic rings. The van der Waals surface area contributed by atoms with E-state index in [-0.39, 0.29) is 18.7 Å². The summed E-state index contributed by atoms with van der Waals surface area (Å²) in [6, 6.07) is 9.57. The molecule has 0 saturated carbocycles. The van der Waals surface area contributed by atoms with Crippen molar-refractivity contribution in [1.29, 1.82) is 0 Å². The van der Waals surface area contributed by atoms with Crippen LogP contribution in [0.1, 0.15) is 29.2 Å². The van der Waals surface area contributed by atoms with Gasteiger partial charge in [0.1, 0.15) is 6.04 Å². The standard InChI is InChI=1S/C19H18Cl2N2O3/c1-10-3-2-4-11(5-10)6-17(24)23-15-9-16(19(25)26)22-14-8-12(20)7-13(21)18(14)15/h2-5,7-8,15-16,22H,6,9H2,1H3,(H,23,24)(H,25,26). The first kappa shape index (κ1) is 18.5. The van der Waals surface area contributed by atoms with Crippen molar-refractivity contribution in [3.63, 3.8) is 0 Å². The van der Waals surface area contributed by atoms with Crippen LogP contribution in [0.25, 0.3) is 0 Å². The summed E-state index contributed by atoms with van der Waals surface area (Å²) in [5.41, 5.74) is 3.16. The van der Waals surface area contributed by atoms with Crippen molar-refractivity contribution in [2.24, 2.45) is 0 Å². The van der Waals surface area contributed by atoms with E-state index in [0.717, 1.165) is 11.1 Å². The molecule has 0 radical (unpaired) electrons. The van der Waals surface area contributed by atoms with Crippen molar-refractivity contribution < 1.29 is 14.7 Å². The number of hydrogen-bond donors (Lipinski definition) is 3. The maximum atomic E-state index is 12.5. The van der Waals surface area contributed by atoms with Gasteiger partial charge in [0.25, 0.3) is 0 Å². The lowest BCUT2D eigenvalue weighted by molar-refractivity contribution is -0.138. The van der Waals surface area contributed by atoms with E-state index in [1.165, 1.54) is 0 Å². The summed E-state index contributed by atoms with van der Waals surface area (Å²) in [6.45, 7) is 1.96. The van der Waals surface area contributed by atoms with E-state index >= 15 is 0 Å². The molecule has 26 heavy (non-hydrogen) atoms. The predicted molar refractivity (Wildman–Crippen MR) is 102 cm³/mol. The molecule has 2 atom stereocenters. The summed E-state index contributed by atoms with van der Waals surface area (Å²) in [5.74, 6) is -1.19. The lowest BCUT2D eigenvalue weighted by Crippen LogP contribution is -2.41. The highest BCUT2D eigenvalue weighted by atomic mass is 35.5. The SMILES string of the molecule is Cc1cccc(CC(=O)NC2CC(C(=O)O)Nc3cc(Cl)cc(Cl)c32)c1. The van der Waals surface area contributed by atoms with Gasteiger partial charge < -0.3 is 15.7 Å². The molecule has 0 fully saturated rings. The number of halogens is 2. The first-order chi connectivity index (χ1) is 12.3. The summed E-state index contributed by atoms with van der Waals surface area (Å²) in [6.07, 6.45) is 0.410. The number of fused-ring (bicyclic) bond motifs is 1. The number of carboxylic acid groups (broad SMARTS) is 1. The van der Waals surface area contributed by atoms with Crippen LogP contribution < -0.4 is 10.6 Å². The second-order valence-corrected chi connectivity index (χ2v) is 7.25. The van der Waals surface area contributed by atoms with Gasteiger partial charge in [0.15, 0.2) is 0 Å². The fraction of sp³-hybridized carbons (Fsp3) is 0.263. The number of aliphatic carboxylic acids is 1. The van der Waals surface area contributed by atoms with E-state index in [2.05, 4.69) is 10.6 Å². The first-order valence-electron chi connectivity index (χ1n) is 8.16. The van der Waals surface area contributed by atoms with Gasteiger partial charge in [-0.25, -0.2) is 4.79 Å². The van der Waals surface area contributed by atoms with Gasteiger partial charge in [0.05, 0.1) is 12.5 Å². The topological polar surface area (TPSA) is 78.4 Å². The highest BCUT2D eigenvalue weighted by Crippen LogP contribution is 2.39. The number of carboxylic acids is 1. The Labute approximate surface area is 161 Å². The quantitative estimate of drug-likeness (QED) is 0.735. The van der Waals surface area contributed by atoms with E-state index in [9.17, 15) is 14.7 Å². The molecular weight excluding hydrogens is 375 g/mol. The molecule has 0 saturated heterocycles. The first-order valence-corrected chi connectivity index (χ1v) is 8.92. The van der Waals surface area contributed by atoms with E-state index in [4.69, 9.17) is 23.2 Å². The van der Waals surface area contributed by atoms with Crippen LogP contribution >= 0.6 is 23.2 Å². The second-order valence-electron chi connectivity index (χ2n) is 6.41. The van der Waals surface area contributed by atoms with Crippen LogP contribution in [0, 0.1) is 6.92 Å². The maximum absolute atomic E-state index is 12.5. The normalized spacial score (nSPS) is 18.6. The number of carbonyl (C=O) groups excluding carboxylic acids is 1. The predicted octanol–water partition coefficient (Wildman–Crippen LogP) is 3.97. The van der Waals surface area contributed by atoms with Gasteiger partial charge in [-0.15, -0.1) is 0 Å².